The highest BCUT2D eigenvalue weighted by Crippen LogP contribution is 2.23. The molecule has 0 radical (unpaired) electrons. The normalized spacial score (nSPS) is 10.4. The first-order chi connectivity index (χ1) is 5.77. The van der Waals surface area contributed by atoms with Gasteiger partial charge in [-0.15, -0.1) is 0 Å². The third-order valence-electron chi connectivity index (χ3n) is 1.79. The molecule has 0 atom stereocenters. The van der Waals surface area contributed by atoms with Crippen molar-refractivity contribution in [2.45, 2.75) is 6.92 Å². The Labute approximate surface area is 70.2 Å². The molecule has 0 amide bonds. The number of carbonyl (C=O) groups excluding carboxylic acids is 1. The molecule has 0 unspecified atom stereocenters. The smallest absolute Gasteiger partial charge is 0.194 e. The third-order valence-corrected chi connectivity index (χ3v) is 1.79. The zero-order valence-corrected chi connectivity index (χ0v) is 6.70. The predicted molar refractivity (Wildman–Crippen MR) is 45.3 cm³/mol. The molecule has 2 nitrogen and oxygen atoms in total. The first kappa shape index (κ1) is 7.10. The fourth-order valence-corrected chi connectivity index (χ4v) is 1.16. The van der Waals surface area contributed by atoms with Crippen molar-refractivity contribution in [3.63, 3.8) is 0 Å². The molecule has 12 heavy (non-hydrogen) atoms. The molecular formula is C10H8O2. The van der Waals surface area contributed by atoms with Gasteiger partial charge in [0.1, 0.15) is 5.76 Å². The van der Waals surface area contributed by atoms with Gasteiger partial charge >= 0.3 is 0 Å². The molecule has 0 bridgehead atoms. The van der Waals surface area contributed by atoms with Crippen molar-refractivity contribution in [3.8, 4) is 11.3 Å². The Morgan fingerprint density at radius 2 is 2.08 bits per heavy atom. The zero-order valence-electron chi connectivity index (χ0n) is 6.70. The lowest BCUT2D eigenvalue weighted by atomic mass is 10.2. The first-order valence-electron chi connectivity index (χ1n) is 3.77. The van der Waals surface area contributed by atoms with E-state index in [1.807, 2.05) is 24.3 Å². The monoisotopic (exact) mass is 160 g/mol. The first-order valence-corrected chi connectivity index (χ1v) is 3.77. The van der Waals surface area contributed by atoms with Crippen LogP contribution in [0.1, 0.15) is 17.5 Å². The Kier molecular flexibility index (Phi) is 1.47. The summed E-state index contributed by atoms with van der Waals surface area (Å²) in [6, 6.07) is 9.28. The summed E-state index contributed by atoms with van der Waals surface area (Å²) in [5.74, 6) is 1.13. The van der Waals surface area contributed by atoms with E-state index in [2.05, 4.69) is 0 Å². The van der Waals surface area contributed by atoms with Gasteiger partial charge in [0, 0.05) is 12.5 Å². The number of fused-ring (bicyclic) bond motifs is 1. The van der Waals surface area contributed by atoms with Crippen LogP contribution in [0.4, 0.5) is 0 Å². The van der Waals surface area contributed by atoms with Crippen LogP contribution in [0.5, 0.6) is 0 Å². The molecule has 2 rings (SSSR count). The molecule has 0 saturated carbocycles. The van der Waals surface area contributed by atoms with Crippen LogP contribution < -0.4 is 0 Å². The van der Waals surface area contributed by atoms with Crippen molar-refractivity contribution >= 4 is 5.78 Å². The lowest BCUT2D eigenvalue weighted by Crippen LogP contribution is -1.91. The molecule has 1 heterocycles. The SMILES string of the molecule is CC(=O)c1ccc2cccc-2o1. The van der Waals surface area contributed by atoms with E-state index in [9.17, 15) is 4.79 Å². The van der Waals surface area contributed by atoms with Gasteiger partial charge in [-0.05, 0) is 18.2 Å². The highest BCUT2D eigenvalue weighted by Gasteiger charge is 2.07. The van der Waals surface area contributed by atoms with Gasteiger partial charge < -0.3 is 4.42 Å². The van der Waals surface area contributed by atoms with Crippen molar-refractivity contribution in [1.82, 2.24) is 0 Å². The highest BCUT2D eigenvalue weighted by atomic mass is 16.3. The maximum absolute atomic E-state index is 10.9. The summed E-state index contributed by atoms with van der Waals surface area (Å²) in [5.41, 5.74) is 1.03. The van der Waals surface area contributed by atoms with Crippen LogP contribution in [0.2, 0.25) is 0 Å². The fraction of sp³-hybridized carbons (Fsp3) is 0.100. The molecule has 2 aliphatic rings. The van der Waals surface area contributed by atoms with Gasteiger partial charge in [0.05, 0.1) is 0 Å². The van der Waals surface area contributed by atoms with Gasteiger partial charge in [0.15, 0.2) is 11.5 Å². The largest absolute Gasteiger partial charge is 0.453 e. The molecule has 0 spiro atoms. The predicted octanol–water partition coefficient (Wildman–Crippen LogP) is 2.59. The highest BCUT2D eigenvalue weighted by molar-refractivity contribution is 5.91. The van der Waals surface area contributed by atoms with E-state index in [-0.39, 0.29) is 5.78 Å². The summed E-state index contributed by atoms with van der Waals surface area (Å²) < 4.78 is 5.31. The van der Waals surface area contributed by atoms with Crippen LogP contribution in [0.3, 0.4) is 0 Å². The van der Waals surface area contributed by atoms with E-state index in [1.54, 1.807) is 6.07 Å². The van der Waals surface area contributed by atoms with E-state index in [0.29, 0.717) is 5.76 Å². The Morgan fingerprint density at radius 3 is 2.83 bits per heavy atom. The van der Waals surface area contributed by atoms with Crippen LogP contribution in [0, 0.1) is 0 Å². The standard InChI is InChI=1S/C10H8O2/c1-7(11)9-6-5-8-3-2-4-10(8)12-9/h2-6H,1H3. The van der Waals surface area contributed by atoms with E-state index in [4.69, 9.17) is 4.42 Å². The van der Waals surface area contributed by atoms with Crippen molar-refractivity contribution in [1.29, 1.82) is 0 Å². The topological polar surface area (TPSA) is 30.2 Å². The maximum atomic E-state index is 10.9. The minimum atomic E-state index is -0.0434. The molecule has 1 aliphatic carbocycles. The van der Waals surface area contributed by atoms with E-state index in [1.165, 1.54) is 6.92 Å². The molecule has 0 N–H and O–H groups in total. The Morgan fingerprint density at radius 1 is 1.25 bits per heavy atom. The van der Waals surface area contributed by atoms with Gasteiger partial charge in [-0.1, -0.05) is 12.1 Å². The summed E-state index contributed by atoms with van der Waals surface area (Å²) in [6.07, 6.45) is 0. The summed E-state index contributed by atoms with van der Waals surface area (Å²) in [6.45, 7) is 1.49. The third kappa shape index (κ3) is 1.01. The van der Waals surface area contributed by atoms with Crippen LogP contribution >= 0.6 is 0 Å². The quantitative estimate of drug-likeness (QED) is 0.600. The molecule has 0 aromatic heterocycles. The Balaban J connectivity index is 2.62. The van der Waals surface area contributed by atoms with Crippen molar-refractivity contribution in [3.05, 3.63) is 36.1 Å². The average molecular weight is 160 g/mol. The molecule has 2 heteroatoms. The van der Waals surface area contributed by atoms with Gasteiger partial charge in [-0.2, -0.15) is 0 Å². The number of ketones is 1. The summed E-state index contributed by atoms with van der Waals surface area (Å²) in [4.78, 5) is 10.9. The maximum Gasteiger partial charge on any atom is 0.194 e. The van der Waals surface area contributed by atoms with Crippen molar-refractivity contribution < 1.29 is 9.21 Å². The lowest BCUT2D eigenvalue weighted by Gasteiger charge is -1.99. The van der Waals surface area contributed by atoms with E-state index in [0.717, 1.165) is 11.3 Å². The summed E-state index contributed by atoms with van der Waals surface area (Å²) in [5, 5.41) is 0. The van der Waals surface area contributed by atoms with Gasteiger partial charge in [0.2, 0.25) is 0 Å². The number of Topliss-reactive ketones (excluding diaryl/α,β-unsaturated/α-hetero) is 1. The van der Waals surface area contributed by atoms with Crippen molar-refractivity contribution in [2.75, 3.05) is 0 Å². The number of carbonyl (C=O) groups is 1. The van der Waals surface area contributed by atoms with Crippen LogP contribution in [0.25, 0.3) is 11.3 Å². The van der Waals surface area contributed by atoms with E-state index < -0.39 is 0 Å². The molecule has 60 valence electrons. The number of hydrogen-bond donors (Lipinski definition) is 0. The van der Waals surface area contributed by atoms with Gasteiger partial charge in [-0.3, -0.25) is 4.79 Å². The van der Waals surface area contributed by atoms with Crippen molar-refractivity contribution in [2.24, 2.45) is 0 Å². The average Bonchev–Trinajstić information content (AvgIpc) is 2.49. The molecule has 0 aromatic rings. The summed E-state index contributed by atoms with van der Waals surface area (Å²) >= 11 is 0. The number of rotatable bonds is 1. The van der Waals surface area contributed by atoms with Crippen LogP contribution in [0.15, 0.2) is 34.7 Å². The Bertz CT molecular complexity index is 387. The minimum absolute atomic E-state index is 0.0434. The molecule has 0 aromatic carbocycles. The second kappa shape index (κ2) is 2.48. The summed E-state index contributed by atoms with van der Waals surface area (Å²) in [7, 11) is 0. The second-order valence-electron chi connectivity index (χ2n) is 2.70. The fourth-order valence-electron chi connectivity index (χ4n) is 1.16. The Hall–Kier alpha value is -1.57. The van der Waals surface area contributed by atoms with Gasteiger partial charge in [0.25, 0.3) is 0 Å². The second-order valence-corrected chi connectivity index (χ2v) is 2.70. The van der Waals surface area contributed by atoms with E-state index >= 15 is 0 Å². The number of hydrogen-bond acceptors (Lipinski definition) is 2. The van der Waals surface area contributed by atoms with Crippen LogP contribution in [-0.2, 0) is 0 Å². The minimum Gasteiger partial charge on any atom is -0.453 e. The van der Waals surface area contributed by atoms with Crippen LogP contribution in [-0.4, -0.2) is 5.78 Å². The zero-order chi connectivity index (χ0) is 8.55. The molecule has 1 aliphatic heterocycles. The molecule has 0 saturated heterocycles. The molecular weight excluding hydrogens is 152 g/mol. The molecule has 0 fully saturated rings. The lowest BCUT2D eigenvalue weighted by molar-refractivity contribution is 0.0986. The van der Waals surface area contributed by atoms with Gasteiger partial charge in [-0.25, -0.2) is 0 Å².